The van der Waals surface area contributed by atoms with Crippen LogP contribution in [-0.4, -0.2) is 19.6 Å². The van der Waals surface area contributed by atoms with E-state index in [1.54, 1.807) is 0 Å². The smallest absolute Gasteiger partial charge is 0.0649 e. The molecule has 2 rings (SSSR count). The average molecular weight is 246 g/mol. The lowest BCUT2D eigenvalue weighted by molar-refractivity contribution is 0.526. The quantitative estimate of drug-likeness (QED) is 0.813. The zero-order chi connectivity index (χ0) is 13.1. The first-order chi connectivity index (χ1) is 8.56. The summed E-state index contributed by atoms with van der Waals surface area (Å²) in [6, 6.07) is 2.11. The molecule has 2 aromatic heterocycles. The van der Waals surface area contributed by atoms with Crippen LogP contribution in [0, 0.1) is 0 Å². The highest BCUT2D eigenvalue weighted by Gasteiger charge is 2.09. The maximum atomic E-state index is 4.58. The number of nitrogens with zero attached hydrogens (tertiary/aromatic N) is 4. The average Bonchev–Trinajstić information content (AvgIpc) is 2.94. The molecule has 0 amide bonds. The van der Waals surface area contributed by atoms with E-state index in [4.69, 9.17) is 0 Å². The molecule has 1 unspecified atom stereocenters. The van der Waals surface area contributed by atoms with Gasteiger partial charge in [-0.05, 0) is 29.9 Å². The van der Waals surface area contributed by atoms with Crippen molar-refractivity contribution in [2.24, 2.45) is 7.05 Å². The molecule has 0 N–H and O–H groups in total. The van der Waals surface area contributed by atoms with Gasteiger partial charge in [0.05, 0.1) is 11.9 Å². The molecule has 4 heteroatoms. The Hall–Kier alpha value is -1.58. The normalized spacial score (nSPS) is 13.2. The molecule has 0 spiro atoms. The van der Waals surface area contributed by atoms with Gasteiger partial charge in [-0.25, -0.2) is 0 Å². The fraction of sp³-hybridized carbons (Fsp3) is 0.571. The van der Waals surface area contributed by atoms with Gasteiger partial charge in [-0.1, -0.05) is 20.8 Å². The van der Waals surface area contributed by atoms with Gasteiger partial charge in [-0.3, -0.25) is 9.36 Å². The predicted octanol–water partition coefficient (Wildman–Crippen LogP) is 2.93. The van der Waals surface area contributed by atoms with Crippen molar-refractivity contribution in [3.8, 4) is 0 Å². The zero-order valence-corrected chi connectivity index (χ0v) is 11.7. The van der Waals surface area contributed by atoms with Crippen LogP contribution in [0.2, 0.25) is 0 Å². The van der Waals surface area contributed by atoms with Gasteiger partial charge >= 0.3 is 0 Å². The van der Waals surface area contributed by atoms with E-state index >= 15 is 0 Å². The van der Waals surface area contributed by atoms with Crippen molar-refractivity contribution < 1.29 is 0 Å². The summed E-state index contributed by atoms with van der Waals surface area (Å²) in [4.78, 5) is 0. The molecule has 0 aliphatic heterocycles. The van der Waals surface area contributed by atoms with Crippen LogP contribution in [0.4, 0.5) is 0 Å². The number of rotatable bonds is 5. The van der Waals surface area contributed by atoms with Crippen LogP contribution >= 0.6 is 0 Å². The van der Waals surface area contributed by atoms with Gasteiger partial charge < -0.3 is 0 Å². The molecule has 2 heterocycles. The van der Waals surface area contributed by atoms with E-state index in [-0.39, 0.29) is 0 Å². The summed E-state index contributed by atoms with van der Waals surface area (Å²) < 4.78 is 3.90. The lowest BCUT2D eigenvalue weighted by Crippen LogP contribution is -2.04. The third-order valence-corrected chi connectivity index (χ3v) is 3.34. The van der Waals surface area contributed by atoms with Crippen LogP contribution in [0.1, 0.15) is 50.3 Å². The molecule has 0 aromatic carbocycles. The topological polar surface area (TPSA) is 35.6 Å². The van der Waals surface area contributed by atoms with E-state index in [2.05, 4.69) is 49.4 Å². The van der Waals surface area contributed by atoms with Gasteiger partial charge in [0.25, 0.3) is 0 Å². The standard InChI is InChI=1S/C14H22N4/c1-11(2)14-6-8-18(16-14)7-5-12(3)13-9-15-17(4)10-13/h6,8-12H,5,7H2,1-4H3. The van der Waals surface area contributed by atoms with Gasteiger partial charge in [0.2, 0.25) is 0 Å². The maximum absolute atomic E-state index is 4.58. The molecule has 0 saturated carbocycles. The molecule has 0 bridgehead atoms. The molecular formula is C14H22N4. The van der Waals surface area contributed by atoms with E-state index in [1.807, 2.05) is 22.6 Å². The fourth-order valence-electron chi connectivity index (χ4n) is 2.00. The Kier molecular flexibility index (Phi) is 3.84. The molecule has 98 valence electrons. The van der Waals surface area contributed by atoms with Crippen LogP contribution < -0.4 is 0 Å². The summed E-state index contributed by atoms with van der Waals surface area (Å²) in [6.07, 6.45) is 7.21. The molecular weight excluding hydrogens is 224 g/mol. The Labute approximate surface area is 109 Å². The molecule has 0 saturated heterocycles. The minimum Gasteiger partial charge on any atom is -0.276 e. The minimum absolute atomic E-state index is 0.502. The summed E-state index contributed by atoms with van der Waals surface area (Å²) in [6.45, 7) is 7.54. The van der Waals surface area contributed by atoms with E-state index in [0.717, 1.165) is 13.0 Å². The van der Waals surface area contributed by atoms with Crippen LogP contribution in [0.3, 0.4) is 0 Å². The Morgan fingerprint density at radius 1 is 1.28 bits per heavy atom. The largest absolute Gasteiger partial charge is 0.276 e. The van der Waals surface area contributed by atoms with Crippen LogP contribution in [0.5, 0.6) is 0 Å². The highest BCUT2D eigenvalue weighted by Crippen LogP contribution is 2.19. The minimum atomic E-state index is 0.502. The fourth-order valence-corrected chi connectivity index (χ4v) is 2.00. The number of hydrogen-bond donors (Lipinski definition) is 0. The molecule has 4 nitrogen and oxygen atoms in total. The Morgan fingerprint density at radius 3 is 2.61 bits per heavy atom. The molecule has 0 radical (unpaired) electrons. The van der Waals surface area contributed by atoms with Gasteiger partial charge in [0, 0.05) is 26.0 Å². The Bertz CT molecular complexity index is 495. The monoisotopic (exact) mass is 246 g/mol. The molecule has 0 aliphatic carbocycles. The number of aryl methyl sites for hydroxylation is 2. The van der Waals surface area contributed by atoms with Crippen LogP contribution in [0.25, 0.3) is 0 Å². The van der Waals surface area contributed by atoms with Crippen molar-refractivity contribution in [2.75, 3.05) is 0 Å². The van der Waals surface area contributed by atoms with E-state index in [0.29, 0.717) is 11.8 Å². The van der Waals surface area contributed by atoms with Gasteiger partial charge in [-0.15, -0.1) is 0 Å². The molecule has 0 aliphatic rings. The maximum Gasteiger partial charge on any atom is 0.0649 e. The molecule has 2 aromatic rings. The molecule has 18 heavy (non-hydrogen) atoms. The third-order valence-electron chi connectivity index (χ3n) is 3.34. The predicted molar refractivity (Wildman–Crippen MR) is 72.6 cm³/mol. The summed E-state index contributed by atoms with van der Waals surface area (Å²) in [5.74, 6) is 1.02. The first-order valence-electron chi connectivity index (χ1n) is 6.58. The van der Waals surface area contributed by atoms with Gasteiger partial charge in [-0.2, -0.15) is 10.2 Å². The lowest BCUT2D eigenvalue weighted by atomic mass is 10.0. The second-order valence-electron chi connectivity index (χ2n) is 5.30. The van der Waals surface area contributed by atoms with Crippen molar-refractivity contribution in [3.05, 3.63) is 35.9 Å². The zero-order valence-electron chi connectivity index (χ0n) is 11.7. The van der Waals surface area contributed by atoms with E-state index < -0.39 is 0 Å². The van der Waals surface area contributed by atoms with Crippen molar-refractivity contribution >= 4 is 0 Å². The van der Waals surface area contributed by atoms with Gasteiger partial charge in [0.1, 0.15) is 0 Å². The van der Waals surface area contributed by atoms with Crippen LogP contribution in [-0.2, 0) is 13.6 Å². The van der Waals surface area contributed by atoms with Gasteiger partial charge in [0.15, 0.2) is 0 Å². The summed E-state index contributed by atoms with van der Waals surface area (Å²) >= 11 is 0. The van der Waals surface area contributed by atoms with E-state index in [9.17, 15) is 0 Å². The Balaban J connectivity index is 1.90. The first kappa shape index (κ1) is 12.9. The first-order valence-corrected chi connectivity index (χ1v) is 6.58. The number of hydrogen-bond acceptors (Lipinski definition) is 2. The van der Waals surface area contributed by atoms with Crippen molar-refractivity contribution in [1.82, 2.24) is 19.6 Å². The number of aromatic nitrogens is 4. The molecule has 0 fully saturated rings. The molecule has 1 atom stereocenters. The lowest BCUT2D eigenvalue weighted by Gasteiger charge is -2.09. The third kappa shape index (κ3) is 3.00. The SMILES string of the molecule is CC(C)c1ccn(CCC(C)c2cnn(C)c2)n1. The summed E-state index contributed by atoms with van der Waals surface area (Å²) in [5.41, 5.74) is 2.47. The second kappa shape index (κ2) is 5.38. The summed E-state index contributed by atoms with van der Waals surface area (Å²) in [7, 11) is 1.96. The highest BCUT2D eigenvalue weighted by molar-refractivity contribution is 5.09. The van der Waals surface area contributed by atoms with Crippen molar-refractivity contribution in [1.29, 1.82) is 0 Å². The van der Waals surface area contributed by atoms with Crippen molar-refractivity contribution in [2.45, 2.75) is 45.6 Å². The highest BCUT2D eigenvalue weighted by atomic mass is 15.3. The Morgan fingerprint density at radius 2 is 2.06 bits per heavy atom. The van der Waals surface area contributed by atoms with Crippen LogP contribution in [0.15, 0.2) is 24.7 Å². The second-order valence-corrected chi connectivity index (χ2v) is 5.30. The van der Waals surface area contributed by atoms with Crippen molar-refractivity contribution in [3.63, 3.8) is 0 Å². The van der Waals surface area contributed by atoms with E-state index in [1.165, 1.54) is 11.3 Å². The summed E-state index contributed by atoms with van der Waals surface area (Å²) in [5, 5.41) is 8.79.